The highest BCUT2D eigenvalue weighted by atomic mass is 16.5. The molecule has 0 radical (unpaired) electrons. The summed E-state index contributed by atoms with van der Waals surface area (Å²) in [6, 6.07) is 29.7. The topological polar surface area (TPSA) is 66.8 Å². The zero-order valence-electron chi connectivity index (χ0n) is 17.6. The van der Waals surface area contributed by atoms with E-state index in [4.69, 9.17) is 4.74 Å². The molecule has 1 aliphatic rings. The molecule has 1 fully saturated rings. The van der Waals surface area contributed by atoms with Gasteiger partial charge < -0.3 is 19.7 Å². The third-order valence-electron chi connectivity index (χ3n) is 6.59. The van der Waals surface area contributed by atoms with E-state index in [1.54, 1.807) is 0 Å². The van der Waals surface area contributed by atoms with Crippen molar-refractivity contribution in [1.82, 2.24) is 0 Å². The molecule has 1 saturated carbocycles. The highest BCUT2D eigenvalue weighted by Gasteiger charge is 2.55. The number of carbonyl (C=O) groups is 1. The van der Waals surface area contributed by atoms with Crippen LogP contribution in [0.3, 0.4) is 0 Å². The Morgan fingerprint density at radius 2 is 1.29 bits per heavy atom. The third-order valence-corrected chi connectivity index (χ3v) is 6.59. The molecule has 3 aromatic carbocycles. The van der Waals surface area contributed by atoms with Crippen molar-refractivity contribution < 1.29 is 19.7 Å². The average Bonchev–Trinajstić information content (AvgIpc) is 3.01. The van der Waals surface area contributed by atoms with Crippen molar-refractivity contribution in [2.45, 2.75) is 43.7 Å². The molecular weight excluding hydrogens is 388 g/mol. The summed E-state index contributed by atoms with van der Waals surface area (Å²) in [4.78, 5) is 11.5. The number of aldehydes is 1. The standard InChI is InChI=1S/C27H28O4/c1-26(17-18-28)24(30)19-23(29)25(26)31-27(20-11-5-2-6-12-20,21-13-7-3-8-14-21)22-15-9-4-10-16-22/h2-16,18,23-25,29-30H,17,19H2,1H3/t23-,24+,25+,26+/m1/s1. The third kappa shape index (κ3) is 3.72. The zero-order valence-corrected chi connectivity index (χ0v) is 17.6. The molecule has 31 heavy (non-hydrogen) atoms. The lowest BCUT2D eigenvalue weighted by molar-refractivity contribution is -0.145. The molecule has 0 heterocycles. The molecule has 0 spiro atoms. The average molecular weight is 417 g/mol. The van der Waals surface area contributed by atoms with Crippen LogP contribution in [0.4, 0.5) is 0 Å². The van der Waals surface area contributed by atoms with E-state index in [0.717, 1.165) is 23.0 Å². The molecule has 0 unspecified atom stereocenters. The molecule has 0 saturated heterocycles. The highest BCUT2D eigenvalue weighted by molar-refractivity contribution is 5.52. The van der Waals surface area contributed by atoms with E-state index in [9.17, 15) is 15.0 Å². The van der Waals surface area contributed by atoms with E-state index in [1.165, 1.54) is 0 Å². The number of hydrogen-bond acceptors (Lipinski definition) is 4. The molecule has 0 aliphatic heterocycles. The van der Waals surface area contributed by atoms with Crippen LogP contribution in [-0.4, -0.2) is 34.8 Å². The van der Waals surface area contributed by atoms with E-state index in [-0.39, 0.29) is 12.8 Å². The van der Waals surface area contributed by atoms with Crippen LogP contribution in [0.15, 0.2) is 91.0 Å². The summed E-state index contributed by atoms with van der Waals surface area (Å²) in [7, 11) is 0. The summed E-state index contributed by atoms with van der Waals surface area (Å²) in [5, 5.41) is 21.7. The van der Waals surface area contributed by atoms with E-state index in [2.05, 4.69) is 0 Å². The fourth-order valence-electron chi connectivity index (χ4n) is 4.81. The first-order valence-electron chi connectivity index (χ1n) is 10.7. The van der Waals surface area contributed by atoms with E-state index in [1.807, 2.05) is 97.9 Å². The van der Waals surface area contributed by atoms with Gasteiger partial charge in [0, 0.05) is 18.3 Å². The predicted octanol–water partition coefficient (Wildman–Crippen LogP) is 4.08. The van der Waals surface area contributed by atoms with Gasteiger partial charge in [0.1, 0.15) is 11.9 Å². The Kier molecular flexibility index (Phi) is 6.05. The second kappa shape index (κ2) is 8.75. The van der Waals surface area contributed by atoms with Crippen molar-refractivity contribution in [3.8, 4) is 0 Å². The number of ether oxygens (including phenoxy) is 1. The second-order valence-electron chi connectivity index (χ2n) is 8.51. The number of aliphatic hydroxyl groups is 2. The quantitative estimate of drug-likeness (QED) is 0.450. The van der Waals surface area contributed by atoms with E-state index >= 15 is 0 Å². The van der Waals surface area contributed by atoms with Gasteiger partial charge in [-0.25, -0.2) is 0 Å². The van der Waals surface area contributed by atoms with Gasteiger partial charge in [-0.1, -0.05) is 97.9 Å². The smallest absolute Gasteiger partial charge is 0.144 e. The number of aliphatic hydroxyl groups excluding tert-OH is 2. The van der Waals surface area contributed by atoms with Crippen molar-refractivity contribution in [2.24, 2.45) is 5.41 Å². The maximum atomic E-state index is 11.5. The minimum atomic E-state index is -1.02. The van der Waals surface area contributed by atoms with Gasteiger partial charge >= 0.3 is 0 Å². The largest absolute Gasteiger partial charge is 0.392 e. The Morgan fingerprint density at radius 1 is 0.871 bits per heavy atom. The van der Waals surface area contributed by atoms with Crippen molar-refractivity contribution in [3.63, 3.8) is 0 Å². The summed E-state index contributed by atoms with van der Waals surface area (Å²) in [6.45, 7) is 1.82. The Balaban J connectivity index is 1.96. The molecule has 1 aliphatic carbocycles. The van der Waals surface area contributed by atoms with Crippen LogP contribution in [0.2, 0.25) is 0 Å². The molecule has 160 valence electrons. The number of benzene rings is 3. The molecule has 4 rings (SSSR count). The summed E-state index contributed by atoms with van der Waals surface area (Å²) in [5.41, 5.74) is 0.812. The minimum Gasteiger partial charge on any atom is -0.392 e. The summed E-state index contributed by atoms with van der Waals surface area (Å²) in [6.07, 6.45) is -1.40. The van der Waals surface area contributed by atoms with Gasteiger partial charge in [-0.2, -0.15) is 0 Å². The first kappa shape index (κ1) is 21.4. The summed E-state index contributed by atoms with van der Waals surface area (Å²) in [5.74, 6) is 0. The molecule has 0 aromatic heterocycles. The second-order valence-corrected chi connectivity index (χ2v) is 8.51. The lowest BCUT2D eigenvalue weighted by Crippen LogP contribution is -2.47. The molecule has 0 bridgehead atoms. The van der Waals surface area contributed by atoms with Gasteiger partial charge in [0.25, 0.3) is 0 Å². The van der Waals surface area contributed by atoms with Crippen molar-refractivity contribution in [1.29, 1.82) is 0 Å². The first-order valence-corrected chi connectivity index (χ1v) is 10.7. The molecule has 2 N–H and O–H groups in total. The van der Waals surface area contributed by atoms with E-state index in [0.29, 0.717) is 0 Å². The highest BCUT2D eigenvalue weighted by Crippen LogP contribution is 2.49. The number of rotatable bonds is 7. The SMILES string of the molecule is C[C@]1(CC=O)[C@@H](O)C[C@@H](O)[C@@H]1OC(c1ccccc1)(c1ccccc1)c1ccccc1. The van der Waals surface area contributed by atoms with Gasteiger partial charge in [0.2, 0.25) is 0 Å². The van der Waals surface area contributed by atoms with Crippen LogP contribution in [0.1, 0.15) is 36.5 Å². The lowest BCUT2D eigenvalue weighted by Gasteiger charge is -2.43. The Morgan fingerprint density at radius 3 is 1.68 bits per heavy atom. The molecule has 4 heteroatoms. The number of hydrogen-bond donors (Lipinski definition) is 2. The molecule has 0 amide bonds. The maximum Gasteiger partial charge on any atom is 0.144 e. The van der Waals surface area contributed by atoms with Gasteiger partial charge in [0.15, 0.2) is 0 Å². The van der Waals surface area contributed by atoms with Gasteiger partial charge in [-0.05, 0) is 16.7 Å². The van der Waals surface area contributed by atoms with Crippen LogP contribution in [0.25, 0.3) is 0 Å². The predicted molar refractivity (Wildman–Crippen MR) is 119 cm³/mol. The van der Waals surface area contributed by atoms with Crippen LogP contribution >= 0.6 is 0 Å². The van der Waals surface area contributed by atoms with Crippen LogP contribution < -0.4 is 0 Å². The summed E-state index contributed by atoms with van der Waals surface area (Å²) >= 11 is 0. The fourth-order valence-corrected chi connectivity index (χ4v) is 4.81. The Bertz CT molecular complexity index is 893. The van der Waals surface area contributed by atoms with Gasteiger partial charge in [-0.3, -0.25) is 0 Å². The molecule has 4 atom stereocenters. The van der Waals surface area contributed by atoms with Crippen molar-refractivity contribution in [3.05, 3.63) is 108 Å². The Hall–Kier alpha value is -2.79. The molecule has 3 aromatic rings. The fraction of sp³-hybridized carbons (Fsp3) is 0.296. The number of carbonyl (C=O) groups excluding carboxylic acids is 1. The summed E-state index contributed by atoms with van der Waals surface area (Å²) < 4.78 is 6.94. The van der Waals surface area contributed by atoms with E-state index < -0.39 is 29.3 Å². The maximum absolute atomic E-state index is 11.5. The van der Waals surface area contributed by atoms with Crippen molar-refractivity contribution in [2.75, 3.05) is 0 Å². The zero-order chi connectivity index (χ0) is 21.9. The lowest BCUT2D eigenvalue weighted by atomic mass is 9.77. The van der Waals surface area contributed by atoms with Crippen LogP contribution in [0.5, 0.6) is 0 Å². The normalized spacial score (nSPS) is 26.0. The minimum absolute atomic E-state index is 0.102. The monoisotopic (exact) mass is 416 g/mol. The van der Waals surface area contributed by atoms with Crippen LogP contribution in [-0.2, 0) is 15.1 Å². The molecular formula is C27H28O4. The van der Waals surface area contributed by atoms with Gasteiger partial charge in [0.05, 0.1) is 18.3 Å². The first-order chi connectivity index (χ1) is 15.0. The van der Waals surface area contributed by atoms with Crippen LogP contribution in [0, 0.1) is 5.41 Å². The van der Waals surface area contributed by atoms with Crippen molar-refractivity contribution >= 4 is 6.29 Å². The Labute approximate surface area is 183 Å². The van der Waals surface area contributed by atoms with Gasteiger partial charge in [-0.15, -0.1) is 0 Å². The molecule has 4 nitrogen and oxygen atoms in total.